The van der Waals surface area contributed by atoms with Gasteiger partial charge in [-0.3, -0.25) is 4.79 Å². The highest BCUT2D eigenvalue weighted by atomic mass is 32.2. The first-order valence-corrected chi connectivity index (χ1v) is 7.39. The second kappa shape index (κ2) is 6.50. The van der Waals surface area contributed by atoms with E-state index in [1.165, 1.54) is 32.1 Å². The lowest BCUT2D eigenvalue weighted by Gasteiger charge is -2.27. The van der Waals surface area contributed by atoms with Gasteiger partial charge in [0.25, 0.3) is 0 Å². The van der Waals surface area contributed by atoms with Crippen LogP contribution >= 0.6 is 11.8 Å². The fourth-order valence-electron chi connectivity index (χ4n) is 1.59. The Balaban J connectivity index is 2.23. The number of thioether (sulfide) groups is 1. The van der Waals surface area contributed by atoms with Crippen molar-refractivity contribution in [1.82, 2.24) is 5.32 Å². The number of hydrogen-bond donors (Lipinski definition) is 2. The predicted octanol–water partition coefficient (Wildman–Crippen LogP) is 1.91. The number of primary amides is 1. The molecule has 0 heterocycles. The standard InChI is InChI=1S/C12H24N2OS/c1-3-4-5-8-16-9-12(2,11(13)15)14-10-6-7-10/h10,14H,3-9H2,1-2H3,(H2,13,15). The van der Waals surface area contributed by atoms with Crippen molar-refractivity contribution >= 4 is 17.7 Å². The van der Waals surface area contributed by atoms with Crippen molar-refractivity contribution < 1.29 is 4.79 Å². The van der Waals surface area contributed by atoms with Crippen LogP contribution < -0.4 is 11.1 Å². The fraction of sp³-hybridized carbons (Fsp3) is 0.917. The summed E-state index contributed by atoms with van der Waals surface area (Å²) in [6.45, 7) is 4.13. The van der Waals surface area contributed by atoms with Gasteiger partial charge in [-0.25, -0.2) is 0 Å². The highest BCUT2D eigenvalue weighted by molar-refractivity contribution is 7.99. The Labute approximate surface area is 103 Å². The van der Waals surface area contributed by atoms with Gasteiger partial charge < -0.3 is 11.1 Å². The number of rotatable bonds is 9. The first-order valence-electron chi connectivity index (χ1n) is 6.24. The number of nitrogens with one attached hydrogen (secondary N) is 1. The maximum atomic E-state index is 11.5. The molecule has 1 aliphatic carbocycles. The van der Waals surface area contributed by atoms with Gasteiger partial charge in [-0.1, -0.05) is 19.8 Å². The minimum Gasteiger partial charge on any atom is -0.368 e. The maximum Gasteiger partial charge on any atom is 0.238 e. The van der Waals surface area contributed by atoms with E-state index in [1.807, 2.05) is 18.7 Å². The van der Waals surface area contributed by atoms with E-state index >= 15 is 0 Å². The molecule has 0 aromatic rings. The van der Waals surface area contributed by atoms with Gasteiger partial charge in [-0.15, -0.1) is 0 Å². The van der Waals surface area contributed by atoms with Crippen LogP contribution in [0.5, 0.6) is 0 Å². The van der Waals surface area contributed by atoms with E-state index in [0.29, 0.717) is 6.04 Å². The summed E-state index contributed by atoms with van der Waals surface area (Å²) >= 11 is 1.83. The van der Waals surface area contributed by atoms with Crippen LogP contribution in [-0.4, -0.2) is 29.0 Å². The SMILES string of the molecule is CCCCCSCC(C)(NC1CC1)C(N)=O. The van der Waals surface area contributed by atoms with Gasteiger partial charge in [0, 0.05) is 11.8 Å². The quantitative estimate of drug-likeness (QED) is 0.609. The molecule has 1 rings (SSSR count). The minimum absolute atomic E-state index is 0.220. The number of carbonyl (C=O) groups excluding carboxylic acids is 1. The van der Waals surface area contributed by atoms with E-state index in [0.717, 1.165) is 11.5 Å². The summed E-state index contributed by atoms with van der Waals surface area (Å²) in [5.41, 5.74) is 4.96. The van der Waals surface area contributed by atoms with Gasteiger partial charge in [0.2, 0.25) is 5.91 Å². The molecule has 0 spiro atoms. The van der Waals surface area contributed by atoms with Crippen molar-refractivity contribution in [2.75, 3.05) is 11.5 Å². The third-order valence-electron chi connectivity index (χ3n) is 2.93. The summed E-state index contributed by atoms with van der Waals surface area (Å²) in [6, 6.07) is 0.522. The van der Waals surface area contributed by atoms with Crippen LogP contribution in [0.2, 0.25) is 0 Å². The average Bonchev–Trinajstić information content (AvgIpc) is 3.01. The van der Waals surface area contributed by atoms with Crippen LogP contribution in [0.25, 0.3) is 0 Å². The first kappa shape index (κ1) is 13.8. The van der Waals surface area contributed by atoms with Crippen LogP contribution in [0.15, 0.2) is 0 Å². The van der Waals surface area contributed by atoms with Crippen LogP contribution in [0, 0.1) is 0 Å². The molecule has 1 aliphatic rings. The summed E-state index contributed by atoms with van der Waals surface area (Å²) < 4.78 is 0. The third-order valence-corrected chi connectivity index (χ3v) is 4.29. The normalized spacial score (nSPS) is 19.4. The highest BCUT2D eigenvalue weighted by Crippen LogP contribution is 2.24. The van der Waals surface area contributed by atoms with Gasteiger partial charge in [0.1, 0.15) is 5.54 Å². The molecule has 0 aliphatic heterocycles. The molecule has 1 atom stereocenters. The number of hydrogen-bond acceptors (Lipinski definition) is 3. The predicted molar refractivity (Wildman–Crippen MR) is 70.6 cm³/mol. The lowest BCUT2D eigenvalue weighted by Crippen LogP contribution is -2.56. The summed E-state index contributed by atoms with van der Waals surface area (Å²) in [5, 5.41) is 3.36. The second-order valence-electron chi connectivity index (χ2n) is 4.87. The summed E-state index contributed by atoms with van der Waals surface area (Å²) in [4.78, 5) is 11.5. The van der Waals surface area contributed by atoms with E-state index in [4.69, 9.17) is 5.73 Å². The van der Waals surface area contributed by atoms with Crippen molar-refractivity contribution in [2.24, 2.45) is 5.73 Å². The summed E-state index contributed by atoms with van der Waals surface area (Å²) in [6.07, 6.45) is 6.12. The first-order chi connectivity index (χ1) is 7.58. The van der Waals surface area contributed by atoms with E-state index in [2.05, 4.69) is 12.2 Å². The molecule has 94 valence electrons. The lowest BCUT2D eigenvalue weighted by atomic mass is 10.1. The van der Waals surface area contributed by atoms with E-state index in [9.17, 15) is 4.79 Å². The van der Waals surface area contributed by atoms with Gasteiger partial charge in [-0.2, -0.15) is 11.8 Å². The molecule has 16 heavy (non-hydrogen) atoms. The van der Waals surface area contributed by atoms with E-state index in [1.54, 1.807) is 0 Å². The Hall–Kier alpha value is -0.220. The number of nitrogens with two attached hydrogens (primary N) is 1. The molecule has 1 unspecified atom stereocenters. The Morgan fingerprint density at radius 2 is 2.19 bits per heavy atom. The van der Waals surface area contributed by atoms with Crippen molar-refractivity contribution in [1.29, 1.82) is 0 Å². The van der Waals surface area contributed by atoms with Crippen molar-refractivity contribution in [2.45, 2.75) is 57.5 Å². The largest absolute Gasteiger partial charge is 0.368 e. The molecule has 3 N–H and O–H groups in total. The molecule has 4 heteroatoms. The summed E-state index contributed by atoms with van der Waals surface area (Å²) in [7, 11) is 0. The molecule has 1 saturated carbocycles. The van der Waals surface area contributed by atoms with Gasteiger partial charge in [0.05, 0.1) is 0 Å². The van der Waals surface area contributed by atoms with Crippen molar-refractivity contribution in [3.63, 3.8) is 0 Å². The number of unbranched alkanes of at least 4 members (excludes halogenated alkanes) is 2. The number of carbonyl (C=O) groups is 1. The maximum absolute atomic E-state index is 11.5. The Bertz CT molecular complexity index is 231. The monoisotopic (exact) mass is 244 g/mol. The highest BCUT2D eigenvalue weighted by Gasteiger charge is 2.36. The van der Waals surface area contributed by atoms with Gasteiger partial charge in [-0.05, 0) is 31.9 Å². The lowest BCUT2D eigenvalue weighted by molar-refractivity contribution is -0.123. The fourth-order valence-corrected chi connectivity index (χ4v) is 2.78. The van der Waals surface area contributed by atoms with E-state index < -0.39 is 5.54 Å². The molecule has 0 aromatic heterocycles. The second-order valence-corrected chi connectivity index (χ2v) is 5.98. The zero-order chi connectivity index (χ0) is 12.0. The van der Waals surface area contributed by atoms with Crippen molar-refractivity contribution in [3.8, 4) is 0 Å². The van der Waals surface area contributed by atoms with Gasteiger partial charge >= 0.3 is 0 Å². The molecule has 0 aromatic carbocycles. The molecular weight excluding hydrogens is 220 g/mol. The molecule has 0 saturated heterocycles. The molecule has 0 radical (unpaired) electrons. The van der Waals surface area contributed by atoms with Crippen LogP contribution in [0.4, 0.5) is 0 Å². The summed E-state index contributed by atoms with van der Waals surface area (Å²) in [5.74, 6) is 1.70. The molecule has 3 nitrogen and oxygen atoms in total. The van der Waals surface area contributed by atoms with Gasteiger partial charge in [0.15, 0.2) is 0 Å². The Morgan fingerprint density at radius 1 is 1.50 bits per heavy atom. The zero-order valence-electron chi connectivity index (χ0n) is 10.4. The topological polar surface area (TPSA) is 55.1 Å². The smallest absolute Gasteiger partial charge is 0.238 e. The Kier molecular flexibility index (Phi) is 5.62. The molecular formula is C12H24N2OS. The van der Waals surface area contributed by atoms with Crippen LogP contribution in [-0.2, 0) is 4.79 Å². The average molecular weight is 244 g/mol. The van der Waals surface area contributed by atoms with Crippen LogP contribution in [0.1, 0.15) is 46.0 Å². The number of amides is 1. The third kappa shape index (κ3) is 4.74. The molecule has 1 fully saturated rings. The van der Waals surface area contributed by atoms with Crippen molar-refractivity contribution in [3.05, 3.63) is 0 Å². The van der Waals surface area contributed by atoms with E-state index in [-0.39, 0.29) is 5.91 Å². The molecule has 0 bridgehead atoms. The minimum atomic E-state index is -0.516. The van der Waals surface area contributed by atoms with Crippen LogP contribution in [0.3, 0.4) is 0 Å². The Morgan fingerprint density at radius 3 is 2.69 bits per heavy atom. The zero-order valence-corrected chi connectivity index (χ0v) is 11.2. The molecule has 1 amide bonds.